The van der Waals surface area contributed by atoms with E-state index in [0.29, 0.717) is 27.6 Å². The predicted molar refractivity (Wildman–Crippen MR) is 88.5 cm³/mol. The van der Waals surface area contributed by atoms with E-state index < -0.39 is 0 Å². The van der Waals surface area contributed by atoms with Crippen LogP contribution in [0.5, 0.6) is 0 Å². The van der Waals surface area contributed by atoms with E-state index in [2.05, 4.69) is 26.2 Å². The van der Waals surface area contributed by atoms with Gasteiger partial charge in [0.1, 0.15) is 5.82 Å². The monoisotopic (exact) mass is 365 g/mol. The number of hydrogen-bond acceptors (Lipinski definition) is 3. The maximum Gasteiger partial charge on any atom is 0.125 e. The first kappa shape index (κ1) is 14.1. The molecule has 2 aromatic carbocycles. The third-order valence-corrected chi connectivity index (χ3v) is 3.81. The summed E-state index contributed by atoms with van der Waals surface area (Å²) in [5.41, 5.74) is 8.47. The molecule has 0 saturated heterocycles. The highest BCUT2D eigenvalue weighted by molar-refractivity contribution is 9.10. The molecule has 3 rings (SSSR count). The number of rotatable bonds is 2. The van der Waals surface area contributed by atoms with Crippen molar-refractivity contribution in [3.05, 3.63) is 57.9 Å². The second kappa shape index (κ2) is 5.50. The molecule has 0 atom stereocenters. The molecule has 0 bridgehead atoms. The largest absolute Gasteiger partial charge is 0.398 e. The second-order valence-corrected chi connectivity index (χ2v) is 5.82. The van der Waals surface area contributed by atoms with Crippen molar-refractivity contribution < 1.29 is 4.39 Å². The van der Waals surface area contributed by atoms with Crippen molar-refractivity contribution in [1.82, 2.24) is 4.98 Å². The first-order valence-corrected chi connectivity index (χ1v) is 7.27. The molecule has 0 spiro atoms. The van der Waals surface area contributed by atoms with E-state index in [1.807, 2.05) is 6.07 Å². The Morgan fingerprint density at radius 2 is 1.95 bits per heavy atom. The quantitative estimate of drug-likeness (QED) is 0.619. The van der Waals surface area contributed by atoms with Gasteiger partial charge in [-0.25, -0.2) is 4.39 Å². The Balaban J connectivity index is 2.13. The molecule has 0 aliphatic heterocycles. The molecular formula is C15H10BrClFN3. The van der Waals surface area contributed by atoms with Crippen LogP contribution in [0.3, 0.4) is 0 Å². The number of hydrogen-bond donors (Lipinski definition) is 2. The van der Waals surface area contributed by atoms with Crippen LogP contribution in [0, 0.1) is 5.82 Å². The molecule has 3 aromatic rings. The van der Waals surface area contributed by atoms with Crippen molar-refractivity contribution in [2.45, 2.75) is 0 Å². The number of nitrogens with zero attached hydrogens (tertiary/aromatic N) is 1. The summed E-state index contributed by atoms with van der Waals surface area (Å²) in [6.45, 7) is 0. The Labute approximate surface area is 134 Å². The smallest absolute Gasteiger partial charge is 0.125 e. The topological polar surface area (TPSA) is 50.9 Å². The molecule has 0 aliphatic rings. The van der Waals surface area contributed by atoms with E-state index in [0.717, 1.165) is 9.86 Å². The normalized spacial score (nSPS) is 10.8. The Hall–Kier alpha value is -1.85. The molecule has 0 unspecified atom stereocenters. The Morgan fingerprint density at radius 3 is 2.76 bits per heavy atom. The maximum atomic E-state index is 13.3. The van der Waals surface area contributed by atoms with Crippen molar-refractivity contribution >= 4 is 55.5 Å². The number of nitrogens with two attached hydrogens (primary N) is 1. The average Bonchev–Trinajstić information content (AvgIpc) is 2.46. The average molecular weight is 367 g/mol. The minimum Gasteiger partial charge on any atom is -0.398 e. The lowest BCUT2D eigenvalue weighted by Gasteiger charge is -2.12. The van der Waals surface area contributed by atoms with Gasteiger partial charge < -0.3 is 11.1 Å². The summed E-state index contributed by atoms with van der Waals surface area (Å²) >= 11 is 9.44. The minimum atomic E-state index is -0.364. The van der Waals surface area contributed by atoms with Gasteiger partial charge in [-0.05, 0) is 52.3 Å². The fourth-order valence-electron chi connectivity index (χ4n) is 2.06. The van der Waals surface area contributed by atoms with Gasteiger partial charge in [-0.3, -0.25) is 4.98 Å². The third kappa shape index (κ3) is 2.80. The SMILES string of the molecule is Nc1ccc(Nc2cc(F)ccc2Cl)c2ncc(Br)cc12. The molecule has 0 saturated carbocycles. The molecule has 0 aliphatic carbocycles. The van der Waals surface area contributed by atoms with Crippen LogP contribution in [0.25, 0.3) is 10.9 Å². The van der Waals surface area contributed by atoms with E-state index in [9.17, 15) is 4.39 Å². The second-order valence-electron chi connectivity index (χ2n) is 4.50. The predicted octanol–water partition coefficient (Wildman–Crippen LogP) is 5.12. The summed E-state index contributed by atoms with van der Waals surface area (Å²) in [6.07, 6.45) is 1.68. The lowest BCUT2D eigenvalue weighted by atomic mass is 10.1. The highest BCUT2D eigenvalue weighted by Crippen LogP contribution is 2.33. The van der Waals surface area contributed by atoms with Gasteiger partial charge in [-0.15, -0.1) is 0 Å². The fraction of sp³-hybridized carbons (Fsp3) is 0. The van der Waals surface area contributed by atoms with Crippen LogP contribution in [0.15, 0.2) is 47.1 Å². The lowest BCUT2D eigenvalue weighted by Crippen LogP contribution is -1.97. The Morgan fingerprint density at radius 1 is 1.14 bits per heavy atom. The summed E-state index contributed by atoms with van der Waals surface area (Å²) in [7, 11) is 0. The van der Waals surface area contributed by atoms with E-state index >= 15 is 0 Å². The number of nitrogen functional groups attached to an aromatic ring is 1. The summed E-state index contributed by atoms with van der Waals surface area (Å²) in [5, 5.41) is 4.33. The number of anilines is 3. The zero-order chi connectivity index (χ0) is 15.0. The minimum absolute atomic E-state index is 0.364. The van der Waals surface area contributed by atoms with E-state index in [1.54, 1.807) is 18.3 Å². The summed E-state index contributed by atoms with van der Waals surface area (Å²) in [5.74, 6) is -0.364. The highest BCUT2D eigenvalue weighted by Gasteiger charge is 2.09. The first-order chi connectivity index (χ1) is 10.0. The van der Waals surface area contributed by atoms with Crippen LogP contribution in [0.2, 0.25) is 5.02 Å². The summed E-state index contributed by atoms with van der Waals surface area (Å²) in [4.78, 5) is 4.36. The summed E-state index contributed by atoms with van der Waals surface area (Å²) in [6, 6.07) is 9.60. The van der Waals surface area contributed by atoms with Crippen molar-refractivity contribution in [2.24, 2.45) is 0 Å². The van der Waals surface area contributed by atoms with Crippen molar-refractivity contribution in [1.29, 1.82) is 0 Å². The molecule has 21 heavy (non-hydrogen) atoms. The first-order valence-electron chi connectivity index (χ1n) is 6.10. The number of pyridine rings is 1. The van der Waals surface area contributed by atoms with Crippen LogP contribution in [-0.4, -0.2) is 4.98 Å². The molecule has 0 amide bonds. The van der Waals surface area contributed by atoms with Crippen LogP contribution >= 0.6 is 27.5 Å². The van der Waals surface area contributed by atoms with Gasteiger partial charge in [0.25, 0.3) is 0 Å². The van der Waals surface area contributed by atoms with E-state index in [4.69, 9.17) is 17.3 Å². The van der Waals surface area contributed by atoms with Gasteiger partial charge in [-0.1, -0.05) is 11.6 Å². The van der Waals surface area contributed by atoms with Crippen LogP contribution in [-0.2, 0) is 0 Å². The molecule has 0 fully saturated rings. The molecule has 106 valence electrons. The zero-order valence-electron chi connectivity index (χ0n) is 10.7. The van der Waals surface area contributed by atoms with Gasteiger partial charge >= 0.3 is 0 Å². The van der Waals surface area contributed by atoms with Crippen LogP contribution in [0.4, 0.5) is 21.5 Å². The van der Waals surface area contributed by atoms with Gasteiger partial charge in [0.05, 0.1) is 21.9 Å². The number of aromatic nitrogens is 1. The van der Waals surface area contributed by atoms with Crippen molar-refractivity contribution in [2.75, 3.05) is 11.1 Å². The number of nitrogens with one attached hydrogen (secondary N) is 1. The molecule has 1 aromatic heterocycles. The number of benzene rings is 2. The lowest BCUT2D eigenvalue weighted by molar-refractivity contribution is 0.628. The van der Waals surface area contributed by atoms with Gasteiger partial charge in [0.2, 0.25) is 0 Å². The number of fused-ring (bicyclic) bond motifs is 1. The van der Waals surface area contributed by atoms with E-state index in [1.165, 1.54) is 18.2 Å². The molecule has 3 N–H and O–H groups in total. The maximum absolute atomic E-state index is 13.3. The van der Waals surface area contributed by atoms with Crippen molar-refractivity contribution in [3.8, 4) is 0 Å². The molecule has 0 radical (unpaired) electrons. The number of halogens is 3. The van der Waals surface area contributed by atoms with Gasteiger partial charge in [0.15, 0.2) is 0 Å². The molecule has 6 heteroatoms. The standard InChI is InChI=1S/C15H10BrClFN3/c16-8-5-10-12(19)3-4-13(15(10)20-7-8)21-14-6-9(18)1-2-11(14)17/h1-7,21H,19H2. The van der Waals surface area contributed by atoms with Crippen LogP contribution in [0.1, 0.15) is 0 Å². The van der Waals surface area contributed by atoms with Crippen molar-refractivity contribution in [3.63, 3.8) is 0 Å². The highest BCUT2D eigenvalue weighted by atomic mass is 79.9. The Bertz CT molecular complexity index is 839. The molecular weight excluding hydrogens is 357 g/mol. The van der Waals surface area contributed by atoms with Gasteiger partial charge in [-0.2, -0.15) is 0 Å². The molecule has 1 heterocycles. The molecule has 3 nitrogen and oxygen atoms in total. The van der Waals surface area contributed by atoms with Crippen LogP contribution < -0.4 is 11.1 Å². The Kier molecular flexibility index (Phi) is 3.69. The third-order valence-electron chi connectivity index (χ3n) is 3.05. The van der Waals surface area contributed by atoms with E-state index in [-0.39, 0.29) is 5.82 Å². The van der Waals surface area contributed by atoms with Gasteiger partial charge in [0, 0.05) is 21.7 Å². The summed E-state index contributed by atoms with van der Waals surface area (Å²) < 4.78 is 14.2. The zero-order valence-corrected chi connectivity index (χ0v) is 13.0. The fourth-order valence-corrected chi connectivity index (χ4v) is 2.55.